The lowest BCUT2D eigenvalue weighted by molar-refractivity contribution is 0.426. The van der Waals surface area contributed by atoms with Crippen LogP contribution in [0.1, 0.15) is 5.56 Å². The molecule has 5 heteroatoms. The van der Waals surface area contributed by atoms with Gasteiger partial charge in [-0.15, -0.1) is 0 Å². The highest BCUT2D eigenvalue weighted by molar-refractivity contribution is 14.1. The van der Waals surface area contributed by atoms with Gasteiger partial charge in [-0.1, -0.05) is 28.1 Å². The van der Waals surface area contributed by atoms with Crippen molar-refractivity contribution >= 4 is 51.1 Å². The highest BCUT2D eigenvalue weighted by Gasteiger charge is 2.11. The Balaban J connectivity index is 3.02. The summed E-state index contributed by atoms with van der Waals surface area (Å²) >= 11 is 5.51. The molecular formula is C7H7BBrIO2. The molecule has 0 fully saturated rings. The van der Waals surface area contributed by atoms with Gasteiger partial charge in [0.25, 0.3) is 0 Å². The van der Waals surface area contributed by atoms with Crippen molar-refractivity contribution in [1.82, 2.24) is 0 Å². The van der Waals surface area contributed by atoms with E-state index in [1.807, 2.05) is 6.07 Å². The van der Waals surface area contributed by atoms with Crippen molar-refractivity contribution in [1.29, 1.82) is 0 Å². The Morgan fingerprint density at radius 1 is 1.42 bits per heavy atom. The fourth-order valence-corrected chi connectivity index (χ4v) is 2.58. The molecule has 1 aromatic rings. The van der Waals surface area contributed by atoms with Gasteiger partial charge in [0.2, 0.25) is 0 Å². The molecule has 2 N–H and O–H groups in total. The summed E-state index contributed by atoms with van der Waals surface area (Å²) in [6.07, 6.45) is 0. The van der Waals surface area contributed by atoms with Crippen molar-refractivity contribution in [3.05, 3.63) is 27.3 Å². The van der Waals surface area contributed by atoms with E-state index < -0.39 is 7.12 Å². The Hall–Kier alpha value is 0.415. The quantitative estimate of drug-likeness (QED) is 0.476. The van der Waals surface area contributed by atoms with Crippen LogP contribution in [0.15, 0.2) is 18.2 Å². The lowest BCUT2D eigenvalue weighted by atomic mass is 9.80. The Morgan fingerprint density at radius 2 is 2.08 bits per heavy atom. The van der Waals surface area contributed by atoms with Crippen LogP contribution in [0.25, 0.3) is 0 Å². The van der Waals surface area contributed by atoms with E-state index in [1.54, 1.807) is 12.1 Å². The first-order chi connectivity index (χ1) is 5.65. The average molecular weight is 341 g/mol. The van der Waals surface area contributed by atoms with Crippen molar-refractivity contribution in [3.8, 4) is 0 Å². The summed E-state index contributed by atoms with van der Waals surface area (Å²) < 4.78 is 1.04. The van der Waals surface area contributed by atoms with Crippen LogP contribution >= 0.6 is 38.5 Å². The Bertz CT molecular complexity index is 280. The van der Waals surface area contributed by atoms with Crippen LogP contribution in [0, 0.1) is 3.57 Å². The molecule has 0 bridgehead atoms. The molecule has 0 aliphatic rings. The molecule has 0 aliphatic carbocycles. The van der Waals surface area contributed by atoms with E-state index in [2.05, 4.69) is 38.5 Å². The molecule has 0 atom stereocenters. The van der Waals surface area contributed by atoms with E-state index >= 15 is 0 Å². The van der Waals surface area contributed by atoms with Crippen LogP contribution in [0.3, 0.4) is 0 Å². The summed E-state index contributed by atoms with van der Waals surface area (Å²) in [4.78, 5) is 0. The van der Waals surface area contributed by atoms with E-state index in [0.717, 1.165) is 14.5 Å². The molecule has 1 rings (SSSR count). The number of halogens is 2. The van der Waals surface area contributed by atoms with Crippen LogP contribution < -0.4 is 5.46 Å². The number of rotatable bonds is 2. The third-order valence-corrected chi connectivity index (χ3v) is 3.13. The molecule has 0 spiro atoms. The summed E-state index contributed by atoms with van der Waals surface area (Å²) in [5.41, 5.74) is 1.68. The third kappa shape index (κ3) is 2.45. The Morgan fingerprint density at radius 3 is 2.50 bits per heavy atom. The molecule has 0 saturated carbocycles. The van der Waals surface area contributed by atoms with Gasteiger partial charge in [0.1, 0.15) is 0 Å². The molecule has 0 radical (unpaired) electrons. The first kappa shape index (κ1) is 10.5. The molecule has 1 aromatic carbocycles. The predicted octanol–water partition coefficient (Wildman–Crippen LogP) is 0.866. The summed E-state index contributed by atoms with van der Waals surface area (Å²) in [5.74, 6) is 0. The minimum atomic E-state index is -1.37. The van der Waals surface area contributed by atoms with Gasteiger partial charge < -0.3 is 10.0 Å². The molecule has 0 unspecified atom stereocenters. The molecule has 0 saturated heterocycles. The minimum Gasteiger partial charge on any atom is -0.423 e. The lowest BCUT2D eigenvalue weighted by Gasteiger charge is -2.03. The van der Waals surface area contributed by atoms with Gasteiger partial charge in [-0.3, -0.25) is 0 Å². The molecule has 2 nitrogen and oxygen atoms in total. The molecule has 64 valence electrons. The van der Waals surface area contributed by atoms with Gasteiger partial charge in [-0.25, -0.2) is 0 Å². The van der Waals surface area contributed by atoms with Crippen LogP contribution in [-0.2, 0) is 5.33 Å². The fraction of sp³-hybridized carbons (Fsp3) is 0.143. The van der Waals surface area contributed by atoms with E-state index in [9.17, 15) is 0 Å². The maximum absolute atomic E-state index is 8.85. The van der Waals surface area contributed by atoms with Gasteiger partial charge in [0.15, 0.2) is 0 Å². The first-order valence-electron chi connectivity index (χ1n) is 3.35. The lowest BCUT2D eigenvalue weighted by Crippen LogP contribution is -2.30. The zero-order valence-corrected chi connectivity index (χ0v) is 9.91. The number of benzene rings is 1. The summed E-state index contributed by atoms with van der Waals surface area (Å²) in [5, 5.41) is 18.5. The van der Waals surface area contributed by atoms with Gasteiger partial charge in [0, 0.05) is 8.90 Å². The molecule has 12 heavy (non-hydrogen) atoms. The van der Waals surface area contributed by atoms with Crippen molar-refractivity contribution in [2.75, 3.05) is 0 Å². The van der Waals surface area contributed by atoms with Gasteiger partial charge >= 0.3 is 7.12 Å². The maximum atomic E-state index is 8.85. The topological polar surface area (TPSA) is 40.5 Å². The molecule has 0 heterocycles. The monoisotopic (exact) mass is 340 g/mol. The van der Waals surface area contributed by atoms with Crippen molar-refractivity contribution < 1.29 is 10.0 Å². The summed E-state index contributed by atoms with van der Waals surface area (Å²) in [6, 6.07) is 5.36. The number of hydrogen-bond donors (Lipinski definition) is 2. The average Bonchev–Trinajstić information content (AvgIpc) is 2.04. The third-order valence-electron chi connectivity index (χ3n) is 1.52. The standard InChI is InChI=1S/C7H7BBrIO2/c9-4-5-1-2-6(8(11)12)3-7(5)10/h1-3,11-12H,4H2. The van der Waals surface area contributed by atoms with Crippen LogP contribution in [-0.4, -0.2) is 17.2 Å². The van der Waals surface area contributed by atoms with Crippen molar-refractivity contribution in [2.24, 2.45) is 0 Å². The summed E-state index contributed by atoms with van der Waals surface area (Å²) in [6.45, 7) is 0. The Labute approximate surface area is 93.4 Å². The normalized spacial score (nSPS) is 10.0. The number of hydrogen-bond acceptors (Lipinski definition) is 2. The van der Waals surface area contributed by atoms with Crippen LogP contribution in [0.4, 0.5) is 0 Å². The van der Waals surface area contributed by atoms with Gasteiger partial charge in [-0.2, -0.15) is 0 Å². The predicted molar refractivity (Wildman–Crippen MR) is 61.6 cm³/mol. The van der Waals surface area contributed by atoms with E-state index in [1.165, 1.54) is 0 Å². The smallest absolute Gasteiger partial charge is 0.423 e. The maximum Gasteiger partial charge on any atom is 0.488 e. The van der Waals surface area contributed by atoms with E-state index in [0.29, 0.717) is 5.46 Å². The highest BCUT2D eigenvalue weighted by Crippen LogP contribution is 2.13. The second kappa shape index (κ2) is 4.60. The minimum absolute atomic E-state index is 0.532. The first-order valence-corrected chi connectivity index (χ1v) is 5.55. The van der Waals surface area contributed by atoms with E-state index in [4.69, 9.17) is 10.0 Å². The molecular weight excluding hydrogens is 334 g/mol. The van der Waals surface area contributed by atoms with Crippen molar-refractivity contribution in [2.45, 2.75) is 5.33 Å². The zero-order valence-electron chi connectivity index (χ0n) is 6.17. The van der Waals surface area contributed by atoms with Crippen molar-refractivity contribution in [3.63, 3.8) is 0 Å². The molecule has 0 amide bonds. The van der Waals surface area contributed by atoms with Gasteiger partial charge in [-0.05, 0) is 39.7 Å². The largest absolute Gasteiger partial charge is 0.488 e. The van der Waals surface area contributed by atoms with Gasteiger partial charge in [0.05, 0.1) is 0 Å². The Kier molecular flexibility index (Phi) is 4.02. The van der Waals surface area contributed by atoms with Crippen LogP contribution in [0.5, 0.6) is 0 Å². The molecule has 0 aromatic heterocycles. The molecule has 0 aliphatic heterocycles. The SMILES string of the molecule is OB(O)c1ccc(CBr)c(I)c1. The van der Waals surface area contributed by atoms with Crippen LogP contribution in [0.2, 0.25) is 0 Å². The second-order valence-electron chi connectivity index (χ2n) is 2.36. The second-order valence-corrected chi connectivity index (χ2v) is 4.08. The number of alkyl halides is 1. The zero-order chi connectivity index (χ0) is 9.14. The fourth-order valence-electron chi connectivity index (χ4n) is 0.833. The van der Waals surface area contributed by atoms with E-state index in [-0.39, 0.29) is 0 Å². The highest BCUT2D eigenvalue weighted by atomic mass is 127. The summed E-state index contributed by atoms with van der Waals surface area (Å²) in [7, 11) is -1.37.